The summed E-state index contributed by atoms with van der Waals surface area (Å²) in [6, 6.07) is 11.3. The maximum atomic E-state index is 6.40. The summed E-state index contributed by atoms with van der Waals surface area (Å²) in [7, 11) is 0. The molecule has 0 unspecified atom stereocenters. The molecule has 0 aliphatic heterocycles. The van der Waals surface area contributed by atoms with Gasteiger partial charge in [-0.3, -0.25) is 0 Å². The lowest BCUT2D eigenvalue weighted by Crippen LogP contribution is -1.94. The number of nitrogen functional groups attached to an aromatic ring is 2. The third-order valence-electron chi connectivity index (χ3n) is 3.55. The molecule has 0 bridgehead atoms. The molecule has 0 spiro atoms. The van der Waals surface area contributed by atoms with Crippen LogP contribution in [0.25, 0.3) is 0 Å². The number of hydrogen-bond donors (Lipinski definition) is 2. The number of nitrogens with two attached hydrogens (primary N) is 2. The summed E-state index contributed by atoms with van der Waals surface area (Å²) in [4.78, 5) is 0. The van der Waals surface area contributed by atoms with Crippen LogP contribution >= 0.6 is 58.0 Å². The third kappa shape index (κ3) is 4.10. The van der Waals surface area contributed by atoms with Crippen LogP contribution in [-0.2, 0) is 0 Å². The van der Waals surface area contributed by atoms with Gasteiger partial charge in [0.15, 0.2) is 0 Å². The Kier molecular flexibility index (Phi) is 6.04. The van der Waals surface area contributed by atoms with Crippen LogP contribution in [-0.4, -0.2) is 0 Å². The molecule has 0 fully saturated rings. The predicted octanol–water partition coefficient (Wildman–Crippen LogP) is 7.70. The molecular formula is C18H11Cl5N2O2. The second kappa shape index (κ2) is 8.13. The van der Waals surface area contributed by atoms with Crippen molar-refractivity contribution in [2.24, 2.45) is 0 Å². The molecule has 140 valence electrons. The van der Waals surface area contributed by atoms with Gasteiger partial charge in [-0.25, -0.2) is 0 Å². The largest absolute Gasteiger partial charge is 0.454 e. The molecule has 4 N–H and O–H groups in total. The van der Waals surface area contributed by atoms with Crippen molar-refractivity contribution in [1.29, 1.82) is 0 Å². The Morgan fingerprint density at radius 2 is 0.889 bits per heavy atom. The lowest BCUT2D eigenvalue weighted by Gasteiger charge is -2.15. The number of rotatable bonds is 4. The minimum atomic E-state index is 0.179. The van der Waals surface area contributed by atoms with E-state index in [1.165, 1.54) is 0 Å². The highest BCUT2D eigenvalue weighted by Crippen LogP contribution is 2.44. The van der Waals surface area contributed by atoms with Crippen molar-refractivity contribution in [1.82, 2.24) is 0 Å². The Morgan fingerprint density at radius 3 is 1.30 bits per heavy atom. The molecule has 0 atom stereocenters. The first kappa shape index (κ1) is 20.1. The fourth-order valence-electron chi connectivity index (χ4n) is 2.14. The summed E-state index contributed by atoms with van der Waals surface area (Å²) in [6.07, 6.45) is 0. The molecule has 0 aliphatic carbocycles. The van der Waals surface area contributed by atoms with Gasteiger partial charge < -0.3 is 20.9 Å². The molecule has 3 aromatic carbocycles. The predicted molar refractivity (Wildman–Crippen MR) is 113 cm³/mol. The average molecular weight is 465 g/mol. The monoisotopic (exact) mass is 462 g/mol. The maximum absolute atomic E-state index is 6.40. The second-order valence-electron chi connectivity index (χ2n) is 5.32. The van der Waals surface area contributed by atoms with Crippen LogP contribution < -0.4 is 20.9 Å². The number of ether oxygens (including phenoxy) is 2. The molecule has 0 amide bonds. The Hall–Kier alpha value is -1.69. The van der Waals surface area contributed by atoms with Gasteiger partial charge in [0, 0.05) is 0 Å². The zero-order chi connectivity index (χ0) is 19.7. The molecule has 0 saturated heterocycles. The van der Waals surface area contributed by atoms with Crippen molar-refractivity contribution < 1.29 is 9.47 Å². The van der Waals surface area contributed by atoms with Crippen molar-refractivity contribution in [3.8, 4) is 23.0 Å². The fraction of sp³-hybridized carbons (Fsp3) is 0. The van der Waals surface area contributed by atoms with Crippen molar-refractivity contribution in [3.05, 3.63) is 67.6 Å². The fourth-order valence-corrected chi connectivity index (χ4v) is 3.16. The van der Waals surface area contributed by atoms with Crippen LogP contribution in [0, 0.1) is 0 Å². The first-order valence-corrected chi connectivity index (χ1v) is 9.29. The van der Waals surface area contributed by atoms with Gasteiger partial charge in [0.25, 0.3) is 0 Å². The Bertz CT molecular complexity index is 949. The average Bonchev–Trinajstić information content (AvgIpc) is 2.65. The maximum Gasteiger partial charge on any atom is 0.149 e. The van der Waals surface area contributed by atoms with E-state index in [1.807, 2.05) is 0 Å². The summed E-state index contributed by atoms with van der Waals surface area (Å²) in [5.74, 6) is 1.20. The molecular weight excluding hydrogens is 453 g/mol. The smallest absolute Gasteiger partial charge is 0.149 e. The van der Waals surface area contributed by atoms with Gasteiger partial charge in [-0.15, -0.1) is 0 Å². The quantitative estimate of drug-likeness (QED) is 0.388. The number of benzene rings is 3. The van der Waals surface area contributed by atoms with Crippen LogP contribution in [0.1, 0.15) is 0 Å². The zero-order valence-electron chi connectivity index (χ0n) is 13.4. The highest BCUT2D eigenvalue weighted by molar-refractivity contribution is 6.40. The molecule has 4 nitrogen and oxygen atoms in total. The van der Waals surface area contributed by atoms with Gasteiger partial charge in [0.1, 0.15) is 38.1 Å². The normalized spacial score (nSPS) is 10.7. The van der Waals surface area contributed by atoms with E-state index in [2.05, 4.69) is 0 Å². The molecule has 3 aromatic rings. The van der Waals surface area contributed by atoms with E-state index in [0.29, 0.717) is 33.0 Å². The van der Waals surface area contributed by atoms with Crippen molar-refractivity contribution >= 4 is 69.4 Å². The van der Waals surface area contributed by atoms with E-state index in [-0.39, 0.29) is 26.4 Å². The summed E-state index contributed by atoms with van der Waals surface area (Å²) in [5.41, 5.74) is 12.0. The number of halogens is 5. The summed E-state index contributed by atoms with van der Waals surface area (Å²) in [5, 5.41) is 1.21. The van der Waals surface area contributed by atoms with Gasteiger partial charge in [0.2, 0.25) is 0 Å². The van der Waals surface area contributed by atoms with Crippen LogP contribution in [0.3, 0.4) is 0 Å². The SMILES string of the molecule is Nc1c(Cl)ccc(Oc2cccc(Oc3ccc(Cl)c(N)c3Cl)c2Cl)c1Cl. The van der Waals surface area contributed by atoms with Gasteiger partial charge in [0.05, 0.1) is 21.4 Å². The first-order chi connectivity index (χ1) is 12.8. The van der Waals surface area contributed by atoms with Gasteiger partial charge in [-0.2, -0.15) is 0 Å². The topological polar surface area (TPSA) is 70.5 Å². The van der Waals surface area contributed by atoms with E-state index in [1.54, 1.807) is 42.5 Å². The summed E-state index contributed by atoms with van der Waals surface area (Å²) >= 11 is 30.6. The summed E-state index contributed by atoms with van der Waals surface area (Å²) in [6.45, 7) is 0. The van der Waals surface area contributed by atoms with Crippen molar-refractivity contribution in [2.45, 2.75) is 0 Å². The molecule has 0 aromatic heterocycles. The lowest BCUT2D eigenvalue weighted by molar-refractivity contribution is 0.461. The Balaban J connectivity index is 1.93. The molecule has 0 aliphatic rings. The summed E-state index contributed by atoms with van der Waals surface area (Å²) < 4.78 is 11.5. The van der Waals surface area contributed by atoms with Gasteiger partial charge >= 0.3 is 0 Å². The van der Waals surface area contributed by atoms with Crippen LogP contribution in [0.15, 0.2) is 42.5 Å². The Morgan fingerprint density at radius 1 is 0.519 bits per heavy atom. The third-order valence-corrected chi connectivity index (χ3v) is 5.36. The van der Waals surface area contributed by atoms with E-state index in [0.717, 1.165) is 0 Å². The molecule has 3 rings (SSSR count). The highest BCUT2D eigenvalue weighted by atomic mass is 35.5. The van der Waals surface area contributed by atoms with Crippen molar-refractivity contribution in [2.75, 3.05) is 11.5 Å². The van der Waals surface area contributed by atoms with Crippen molar-refractivity contribution in [3.63, 3.8) is 0 Å². The second-order valence-corrected chi connectivity index (χ2v) is 7.27. The van der Waals surface area contributed by atoms with Gasteiger partial charge in [-0.05, 0) is 36.4 Å². The van der Waals surface area contributed by atoms with Gasteiger partial charge in [-0.1, -0.05) is 64.1 Å². The van der Waals surface area contributed by atoms with Crippen LogP contribution in [0.2, 0.25) is 25.1 Å². The van der Waals surface area contributed by atoms with E-state index < -0.39 is 0 Å². The molecule has 0 saturated carbocycles. The molecule has 0 radical (unpaired) electrons. The first-order valence-electron chi connectivity index (χ1n) is 7.40. The number of hydrogen-bond acceptors (Lipinski definition) is 4. The molecule has 0 heterocycles. The molecule has 9 heteroatoms. The zero-order valence-corrected chi connectivity index (χ0v) is 17.2. The van der Waals surface area contributed by atoms with Crippen LogP contribution in [0.5, 0.6) is 23.0 Å². The van der Waals surface area contributed by atoms with E-state index >= 15 is 0 Å². The minimum Gasteiger partial charge on any atom is -0.454 e. The Labute approximate surface area is 180 Å². The number of anilines is 2. The standard InChI is InChI=1S/C18H11Cl5N2O2/c19-8-4-6-12(15(22)17(8)24)26-10-2-1-3-11(14(10)21)27-13-7-5-9(20)18(25)16(13)23/h1-7H,24-25H2. The van der Waals surface area contributed by atoms with Crippen LogP contribution in [0.4, 0.5) is 11.4 Å². The highest BCUT2D eigenvalue weighted by Gasteiger charge is 2.16. The minimum absolute atomic E-state index is 0.179. The molecule has 27 heavy (non-hydrogen) atoms. The van der Waals surface area contributed by atoms with E-state index in [9.17, 15) is 0 Å². The van der Waals surface area contributed by atoms with E-state index in [4.69, 9.17) is 78.9 Å². The lowest BCUT2D eigenvalue weighted by atomic mass is 10.2.